The molecular formula is C13H18O2S. The molecule has 1 aliphatic carbocycles. The van der Waals surface area contributed by atoms with Gasteiger partial charge in [0.15, 0.2) is 9.84 Å². The average molecular weight is 238 g/mol. The topological polar surface area (TPSA) is 34.1 Å². The third-order valence-corrected chi connectivity index (χ3v) is 5.93. The number of benzene rings is 1. The molecule has 16 heavy (non-hydrogen) atoms. The van der Waals surface area contributed by atoms with Gasteiger partial charge in [0, 0.05) is 0 Å². The molecule has 1 aromatic rings. The van der Waals surface area contributed by atoms with Crippen LogP contribution in [-0.4, -0.2) is 13.7 Å². The highest BCUT2D eigenvalue weighted by molar-refractivity contribution is 7.92. The van der Waals surface area contributed by atoms with Crippen LogP contribution in [0.25, 0.3) is 0 Å². The molecule has 0 amide bonds. The van der Waals surface area contributed by atoms with Crippen LogP contribution in [-0.2, 0) is 9.84 Å². The standard InChI is InChI=1S/C13H18O2S/c1-11-7-5-6-10-13(11)16(14,15)12-8-3-2-4-9-12/h2-4,8-9,11,13H,5-7,10H2,1H3. The molecule has 0 aromatic heterocycles. The first-order valence-electron chi connectivity index (χ1n) is 5.91. The largest absolute Gasteiger partial charge is 0.223 e. The lowest BCUT2D eigenvalue weighted by Crippen LogP contribution is -2.31. The van der Waals surface area contributed by atoms with Crippen molar-refractivity contribution in [2.45, 2.75) is 42.8 Å². The molecule has 1 aliphatic rings. The monoisotopic (exact) mass is 238 g/mol. The zero-order valence-corrected chi connectivity index (χ0v) is 10.4. The summed E-state index contributed by atoms with van der Waals surface area (Å²) < 4.78 is 24.8. The quantitative estimate of drug-likeness (QED) is 0.793. The molecule has 0 spiro atoms. The maximum absolute atomic E-state index is 12.4. The van der Waals surface area contributed by atoms with Gasteiger partial charge in [-0.1, -0.05) is 38.0 Å². The normalized spacial score (nSPS) is 26.6. The lowest BCUT2D eigenvalue weighted by atomic mass is 9.90. The lowest BCUT2D eigenvalue weighted by molar-refractivity contribution is 0.381. The van der Waals surface area contributed by atoms with Crippen molar-refractivity contribution in [1.82, 2.24) is 0 Å². The van der Waals surface area contributed by atoms with Gasteiger partial charge < -0.3 is 0 Å². The Labute approximate surface area is 97.6 Å². The molecule has 0 saturated heterocycles. The van der Waals surface area contributed by atoms with Crippen LogP contribution in [0.4, 0.5) is 0 Å². The summed E-state index contributed by atoms with van der Waals surface area (Å²) in [5.74, 6) is 0.291. The zero-order chi connectivity index (χ0) is 11.6. The fourth-order valence-electron chi connectivity index (χ4n) is 2.53. The predicted octanol–water partition coefficient (Wildman–Crippen LogP) is 3.04. The molecule has 0 N–H and O–H groups in total. The third kappa shape index (κ3) is 2.14. The molecule has 2 rings (SSSR count). The average Bonchev–Trinajstić information content (AvgIpc) is 2.30. The predicted molar refractivity (Wildman–Crippen MR) is 65.0 cm³/mol. The molecule has 1 fully saturated rings. The van der Waals surface area contributed by atoms with Crippen molar-refractivity contribution in [2.75, 3.05) is 0 Å². The fraction of sp³-hybridized carbons (Fsp3) is 0.538. The van der Waals surface area contributed by atoms with Gasteiger partial charge in [-0.2, -0.15) is 0 Å². The molecular weight excluding hydrogens is 220 g/mol. The molecule has 2 unspecified atom stereocenters. The van der Waals surface area contributed by atoms with Gasteiger partial charge in [-0.25, -0.2) is 8.42 Å². The van der Waals surface area contributed by atoms with Crippen molar-refractivity contribution in [3.05, 3.63) is 30.3 Å². The highest BCUT2D eigenvalue weighted by atomic mass is 32.2. The van der Waals surface area contributed by atoms with E-state index in [1.165, 1.54) is 6.42 Å². The van der Waals surface area contributed by atoms with Crippen LogP contribution in [0, 0.1) is 5.92 Å². The zero-order valence-electron chi connectivity index (χ0n) is 9.59. The van der Waals surface area contributed by atoms with Crippen LogP contribution in [0.1, 0.15) is 32.6 Å². The minimum atomic E-state index is -3.11. The molecule has 0 aliphatic heterocycles. The Hall–Kier alpha value is -0.830. The van der Waals surface area contributed by atoms with Gasteiger partial charge in [-0.15, -0.1) is 0 Å². The highest BCUT2D eigenvalue weighted by Crippen LogP contribution is 2.32. The van der Waals surface area contributed by atoms with Gasteiger partial charge in [0.2, 0.25) is 0 Å². The number of hydrogen-bond donors (Lipinski definition) is 0. The van der Waals surface area contributed by atoms with Crippen LogP contribution in [0.2, 0.25) is 0 Å². The molecule has 2 nitrogen and oxygen atoms in total. The van der Waals surface area contributed by atoms with E-state index in [9.17, 15) is 8.42 Å². The van der Waals surface area contributed by atoms with E-state index in [2.05, 4.69) is 6.92 Å². The van der Waals surface area contributed by atoms with Gasteiger partial charge in [0.05, 0.1) is 10.1 Å². The second kappa shape index (κ2) is 4.58. The molecule has 88 valence electrons. The Morgan fingerprint density at radius 2 is 1.69 bits per heavy atom. The lowest BCUT2D eigenvalue weighted by Gasteiger charge is -2.28. The number of hydrogen-bond acceptors (Lipinski definition) is 2. The molecule has 1 saturated carbocycles. The second-order valence-corrected chi connectivity index (χ2v) is 6.83. The molecule has 1 aromatic carbocycles. The van der Waals surface area contributed by atoms with Gasteiger partial charge in [-0.05, 0) is 30.9 Å². The van der Waals surface area contributed by atoms with E-state index in [-0.39, 0.29) is 5.25 Å². The first-order valence-corrected chi connectivity index (χ1v) is 7.46. The Kier molecular flexibility index (Phi) is 3.33. The molecule has 2 atom stereocenters. The molecule has 0 heterocycles. The van der Waals surface area contributed by atoms with Crippen LogP contribution in [0.3, 0.4) is 0 Å². The first-order chi connectivity index (χ1) is 7.62. The summed E-state index contributed by atoms with van der Waals surface area (Å²) in [5, 5.41) is -0.177. The van der Waals surface area contributed by atoms with Crippen LogP contribution >= 0.6 is 0 Å². The van der Waals surface area contributed by atoms with Gasteiger partial charge >= 0.3 is 0 Å². The number of sulfone groups is 1. The van der Waals surface area contributed by atoms with E-state index in [0.717, 1.165) is 19.3 Å². The Bertz CT molecular complexity index is 436. The summed E-state index contributed by atoms with van der Waals surface area (Å²) in [4.78, 5) is 0.480. The van der Waals surface area contributed by atoms with E-state index in [1.54, 1.807) is 24.3 Å². The van der Waals surface area contributed by atoms with Crippen molar-refractivity contribution in [3.63, 3.8) is 0 Å². The van der Waals surface area contributed by atoms with Gasteiger partial charge in [0.1, 0.15) is 0 Å². The number of rotatable bonds is 2. The van der Waals surface area contributed by atoms with Crippen molar-refractivity contribution >= 4 is 9.84 Å². The summed E-state index contributed by atoms with van der Waals surface area (Å²) in [6, 6.07) is 8.84. The third-order valence-electron chi connectivity index (χ3n) is 3.50. The van der Waals surface area contributed by atoms with E-state index in [0.29, 0.717) is 10.8 Å². The highest BCUT2D eigenvalue weighted by Gasteiger charge is 2.33. The molecule has 0 bridgehead atoms. The van der Waals surface area contributed by atoms with Crippen LogP contribution < -0.4 is 0 Å². The minimum Gasteiger partial charge on any atom is -0.223 e. The SMILES string of the molecule is CC1CCCCC1S(=O)(=O)c1ccccc1. The smallest absolute Gasteiger partial charge is 0.181 e. The van der Waals surface area contributed by atoms with Gasteiger partial charge in [0.25, 0.3) is 0 Å². The molecule has 3 heteroatoms. The Morgan fingerprint density at radius 3 is 2.31 bits per heavy atom. The maximum Gasteiger partial charge on any atom is 0.181 e. The summed E-state index contributed by atoms with van der Waals surface area (Å²) >= 11 is 0. The Morgan fingerprint density at radius 1 is 1.06 bits per heavy atom. The fourth-order valence-corrected chi connectivity index (χ4v) is 4.64. The van der Waals surface area contributed by atoms with E-state index < -0.39 is 9.84 Å². The maximum atomic E-state index is 12.4. The van der Waals surface area contributed by atoms with Crippen molar-refractivity contribution in [1.29, 1.82) is 0 Å². The molecule has 0 radical (unpaired) electrons. The van der Waals surface area contributed by atoms with E-state index in [1.807, 2.05) is 6.07 Å². The van der Waals surface area contributed by atoms with Crippen LogP contribution in [0.5, 0.6) is 0 Å². The minimum absolute atomic E-state index is 0.177. The van der Waals surface area contributed by atoms with Gasteiger partial charge in [-0.3, -0.25) is 0 Å². The van der Waals surface area contributed by atoms with Crippen molar-refractivity contribution in [2.24, 2.45) is 5.92 Å². The summed E-state index contributed by atoms with van der Waals surface area (Å²) in [6.07, 6.45) is 4.07. The van der Waals surface area contributed by atoms with E-state index >= 15 is 0 Å². The summed E-state index contributed by atoms with van der Waals surface area (Å²) in [5.41, 5.74) is 0. The van der Waals surface area contributed by atoms with E-state index in [4.69, 9.17) is 0 Å². The van der Waals surface area contributed by atoms with Crippen LogP contribution in [0.15, 0.2) is 35.2 Å². The summed E-state index contributed by atoms with van der Waals surface area (Å²) in [7, 11) is -3.11. The van der Waals surface area contributed by atoms with Crippen molar-refractivity contribution < 1.29 is 8.42 Å². The Balaban J connectivity index is 2.32. The first kappa shape index (κ1) is 11.6. The summed E-state index contributed by atoms with van der Waals surface area (Å²) in [6.45, 7) is 2.06. The second-order valence-electron chi connectivity index (χ2n) is 4.66. The van der Waals surface area contributed by atoms with Crippen molar-refractivity contribution in [3.8, 4) is 0 Å².